The van der Waals surface area contributed by atoms with Crippen molar-refractivity contribution in [2.75, 3.05) is 25.4 Å². The van der Waals surface area contributed by atoms with Gasteiger partial charge in [-0.2, -0.15) is 11.8 Å². The van der Waals surface area contributed by atoms with Gasteiger partial charge in [-0.1, -0.05) is 42.6 Å². The molecule has 25 heavy (non-hydrogen) atoms. The number of carbonyl (C=O) groups is 1. The predicted molar refractivity (Wildman–Crippen MR) is 107 cm³/mol. The Morgan fingerprint density at radius 1 is 1.20 bits per heavy atom. The number of hydrogen-bond acceptors (Lipinski definition) is 3. The lowest BCUT2D eigenvalue weighted by atomic mass is 9.96. The minimum Gasteiger partial charge on any atom is -0.355 e. The van der Waals surface area contributed by atoms with E-state index >= 15 is 0 Å². The smallest absolute Gasteiger partial charge is 0.224 e. The molecule has 1 aliphatic carbocycles. The van der Waals surface area contributed by atoms with Gasteiger partial charge in [-0.05, 0) is 43.9 Å². The molecule has 5 heteroatoms. The molecule has 1 saturated carbocycles. The Morgan fingerprint density at radius 2 is 2.00 bits per heavy atom. The van der Waals surface area contributed by atoms with E-state index in [1.54, 1.807) is 0 Å². The van der Waals surface area contributed by atoms with E-state index in [1.807, 2.05) is 30.0 Å². The first-order valence-corrected chi connectivity index (χ1v) is 11.0. The van der Waals surface area contributed by atoms with Crippen molar-refractivity contribution in [2.45, 2.75) is 50.3 Å². The Hall–Kier alpha value is -0.710. The summed E-state index contributed by atoms with van der Waals surface area (Å²) in [5, 5.41) is 4.81. The van der Waals surface area contributed by atoms with E-state index in [9.17, 15) is 4.79 Å². The zero-order valence-corrected chi connectivity index (χ0v) is 16.5. The second-order valence-corrected chi connectivity index (χ2v) is 9.05. The van der Waals surface area contributed by atoms with Crippen molar-refractivity contribution >= 4 is 29.3 Å². The quantitative estimate of drug-likeness (QED) is 0.714. The fraction of sp³-hybridized carbons (Fsp3) is 0.650. The molecule has 0 unspecified atom stereocenters. The summed E-state index contributed by atoms with van der Waals surface area (Å²) in [7, 11) is 0. The van der Waals surface area contributed by atoms with Crippen LogP contribution in [0, 0.1) is 5.92 Å². The molecule has 3 rings (SSSR count). The molecule has 0 radical (unpaired) electrons. The topological polar surface area (TPSA) is 32.3 Å². The van der Waals surface area contributed by atoms with E-state index in [1.165, 1.54) is 25.7 Å². The highest BCUT2D eigenvalue weighted by Crippen LogP contribution is 2.29. The number of halogens is 1. The first-order valence-electron chi connectivity index (χ1n) is 9.57. The maximum Gasteiger partial charge on any atom is 0.224 e. The van der Waals surface area contributed by atoms with E-state index in [4.69, 9.17) is 11.6 Å². The number of nitrogens with one attached hydrogen (secondary N) is 1. The Bertz CT molecular complexity index is 562. The van der Waals surface area contributed by atoms with Gasteiger partial charge in [0.2, 0.25) is 5.91 Å². The van der Waals surface area contributed by atoms with E-state index < -0.39 is 0 Å². The minimum atomic E-state index is 0.118. The van der Waals surface area contributed by atoms with Crippen LogP contribution in [0.15, 0.2) is 24.3 Å². The van der Waals surface area contributed by atoms with Crippen molar-refractivity contribution in [3.8, 4) is 0 Å². The van der Waals surface area contributed by atoms with Crippen LogP contribution in [0.2, 0.25) is 5.02 Å². The second-order valence-electron chi connectivity index (χ2n) is 7.23. The van der Waals surface area contributed by atoms with E-state index in [-0.39, 0.29) is 11.8 Å². The van der Waals surface area contributed by atoms with Crippen LogP contribution in [0.1, 0.15) is 44.1 Å². The summed E-state index contributed by atoms with van der Waals surface area (Å²) in [5.41, 5.74) is 1.15. The summed E-state index contributed by atoms with van der Waals surface area (Å²) in [5.74, 6) is 1.40. The van der Waals surface area contributed by atoms with E-state index in [0.29, 0.717) is 0 Å². The summed E-state index contributed by atoms with van der Waals surface area (Å²) in [4.78, 5) is 14.8. The van der Waals surface area contributed by atoms with Gasteiger partial charge in [-0.25, -0.2) is 0 Å². The monoisotopic (exact) mass is 380 g/mol. The molecule has 138 valence electrons. The van der Waals surface area contributed by atoms with Crippen LogP contribution in [0.5, 0.6) is 0 Å². The van der Waals surface area contributed by atoms with Crippen molar-refractivity contribution < 1.29 is 4.79 Å². The van der Waals surface area contributed by atoms with Gasteiger partial charge >= 0.3 is 0 Å². The maximum atomic E-state index is 12.5. The fourth-order valence-electron chi connectivity index (χ4n) is 3.88. The van der Waals surface area contributed by atoms with Gasteiger partial charge in [0.25, 0.3) is 0 Å². The molecule has 2 fully saturated rings. The number of carbonyl (C=O) groups excluding carboxylic acids is 1. The standard InChI is InChI=1S/C20H29ClN2OS/c21-19-10-4-1-6-16(19)14-23-12-5-7-17(15-23)20(24)22-11-13-25-18-8-2-3-9-18/h1,4,6,10,17-18H,2-3,5,7-9,11-15H2,(H,22,24)/t17-/m1/s1. The van der Waals surface area contributed by atoms with Crippen LogP contribution in [0.3, 0.4) is 0 Å². The van der Waals surface area contributed by atoms with Crippen molar-refractivity contribution in [3.63, 3.8) is 0 Å². The molecule has 3 nitrogen and oxygen atoms in total. The number of hydrogen-bond donors (Lipinski definition) is 1. The van der Waals surface area contributed by atoms with Gasteiger partial charge in [0, 0.05) is 35.7 Å². The molecule has 0 spiro atoms. The number of amides is 1. The van der Waals surface area contributed by atoms with E-state index in [0.717, 1.165) is 60.6 Å². The molecule has 1 N–H and O–H groups in total. The summed E-state index contributed by atoms with van der Waals surface area (Å²) in [6.45, 7) is 3.53. The normalized spacial score (nSPS) is 22.2. The number of benzene rings is 1. The van der Waals surface area contributed by atoms with Gasteiger partial charge in [0.05, 0.1) is 5.92 Å². The van der Waals surface area contributed by atoms with Gasteiger partial charge in [-0.15, -0.1) is 0 Å². The van der Waals surface area contributed by atoms with Gasteiger partial charge < -0.3 is 5.32 Å². The average molecular weight is 381 g/mol. The van der Waals surface area contributed by atoms with Crippen molar-refractivity contribution in [2.24, 2.45) is 5.92 Å². The maximum absolute atomic E-state index is 12.5. The molecule has 1 amide bonds. The van der Waals surface area contributed by atoms with Gasteiger partial charge in [0.15, 0.2) is 0 Å². The third-order valence-corrected chi connectivity index (χ3v) is 7.04. The molecule has 2 aliphatic rings. The Labute approximate surface area is 160 Å². The highest BCUT2D eigenvalue weighted by Gasteiger charge is 2.26. The third kappa shape index (κ3) is 5.90. The third-order valence-electron chi connectivity index (χ3n) is 5.29. The van der Waals surface area contributed by atoms with Crippen LogP contribution in [-0.2, 0) is 11.3 Å². The summed E-state index contributed by atoms with van der Waals surface area (Å²) < 4.78 is 0. The Balaban J connectivity index is 1.39. The van der Waals surface area contributed by atoms with Crippen LogP contribution in [-0.4, -0.2) is 41.4 Å². The van der Waals surface area contributed by atoms with Crippen molar-refractivity contribution in [1.29, 1.82) is 0 Å². The lowest BCUT2D eigenvalue weighted by Gasteiger charge is -2.32. The molecule has 1 heterocycles. The van der Waals surface area contributed by atoms with Crippen LogP contribution in [0.4, 0.5) is 0 Å². The fourth-order valence-corrected chi connectivity index (χ4v) is 5.30. The van der Waals surface area contributed by atoms with Crippen molar-refractivity contribution in [1.82, 2.24) is 10.2 Å². The number of rotatable bonds is 7. The lowest BCUT2D eigenvalue weighted by Crippen LogP contribution is -2.43. The summed E-state index contributed by atoms with van der Waals surface area (Å²) in [6, 6.07) is 8.00. The molecule has 1 atom stereocenters. The zero-order chi connectivity index (χ0) is 17.5. The highest BCUT2D eigenvalue weighted by molar-refractivity contribution is 7.99. The van der Waals surface area contributed by atoms with Gasteiger partial charge in [0.1, 0.15) is 0 Å². The van der Waals surface area contributed by atoms with Crippen LogP contribution in [0.25, 0.3) is 0 Å². The Kier molecular flexibility index (Phi) is 7.50. The Morgan fingerprint density at radius 3 is 2.80 bits per heavy atom. The molecule has 0 bridgehead atoms. The van der Waals surface area contributed by atoms with Crippen molar-refractivity contribution in [3.05, 3.63) is 34.9 Å². The van der Waals surface area contributed by atoms with Crippen LogP contribution < -0.4 is 5.32 Å². The molecule has 1 aliphatic heterocycles. The molecule has 1 saturated heterocycles. The second kappa shape index (κ2) is 9.84. The molecule has 0 aromatic heterocycles. The molecular formula is C20H29ClN2OS. The molecule has 1 aromatic rings. The van der Waals surface area contributed by atoms with E-state index in [2.05, 4.69) is 16.3 Å². The lowest BCUT2D eigenvalue weighted by molar-refractivity contribution is -0.126. The molecular weight excluding hydrogens is 352 g/mol. The predicted octanol–water partition coefficient (Wildman–Crippen LogP) is 4.34. The summed E-state index contributed by atoms with van der Waals surface area (Å²) >= 11 is 8.31. The molecule has 1 aromatic carbocycles. The van der Waals surface area contributed by atoms with Gasteiger partial charge in [-0.3, -0.25) is 9.69 Å². The minimum absolute atomic E-state index is 0.118. The first kappa shape index (κ1) is 19.1. The average Bonchev–Trinajstić information content (AvgIpc) is 3.14. The number of likely N-dealkylation sites (tertiary alicyclic amines) is 1. The number of piperidine rings is 1. The largest absolute Gasteiger partial charge is 0.355 e. The number of thioether (sulfide) groups is 1. The first-order chi connectivity index (χ1) is 12.2. The SMILES string of the molecule is O=C(NCCSC1CCCC1)[C@@H]1CCCN(Cc2ccccc2Cl)C1. The highest BCUT2D eigenvalue weighted by atomic mass is 35.5. The van der Waals surface area contributed by atoms with Crippen LogP contribution >= 0.6 is 23.4 Å². The zero-order valence-electron chi connectivity index (χ0n) is 14.9. The number of nitrogens with zero attached hydrogens (tertiary/aromatic N) is 1. The summed E-state index contributed by atoms with van der Waals surface area (Å²) in [6.07, 6.45) is 7.57.